The summed E-state index contributed by atoms with van der Waals surface area (Å²) in [5.41, 5.74) is 2.36. The maximum absolute atomic E-state index is 13.0. The topological polar surface area (TPSA) is 38.1 Å². The van der Waals surface area contributed by atoms with Crippen LogP contribution in [0.3, 0.4) is 0 Å². The maximum atomic E-state index is 13.0. The van der Waals surface area contributed by atoms with Crippen LogP contribution in [0.15, 0.2) is 42.7 Å². The molecule has 1 aliphatic carbocycles. The van der Waals surface area contributed by atoms with Crippen LogP contribution in [0.1, 0.15) is 50.4 Å². The smallest absolute Gasteiger partial charge is 0.254 e. The highest BCUT2D eigenvalue weighted by molar-refractivity contribution is 5.95. The molecule has 2 atom stereocenters. The van der Waals surface area contributed by atoms with E-state index in [-0.39, 0.29) is 11.3 Å². The van der Waals surface area contributed by atoms with Crippen molar-refractivity contribution >= 4 is 5.91 Å². The van der Waals surface area contributed by atoms with Crippen molar-refractivity contribution in [3.05, 3.63) is 48.3 Å². The first kappa shape index (κ1) is 15.4. The molecule has 1 saturated heterocycles. The van der Waals surface area contributed by atoms with Gasteiger partial charge in [-0.05, 0) is 60.4 Å². The molecule has 4 nitrogen and oxygen atoms in total. The molecule has 0 spiro atoms. The minimum Gasteiger partial charge on any atom is -0.335 e. The molecule has 2 heterocycles. The minimum atomic E-state index is 0.174. The first-order chi connectivity index (χ1) is 11.4. The van der Waals surface area contributed by atoms with Crippen molar-refractivity contribution < 1.29 is 4.79 Å². The van der Waals surface area contributed by atoms with Gasteiger partial charge in [0.05, 0.1) is 5.69 Å². The van der Waals surface area contributed by atoms with E-state index in [2.05, 4.69) is 30.8 Å². The second-order valence-corrected chi connectivity index (χ2v) is 8.64. The fraction of sp³-hybridized carbons (Fsp3) is 0.500. The van der Waals surface area contributed by atoms with E-state index in [0.717, 1.165) is 30.6 Å². The predicted molar refractivity (Wildman–Crippen MR) is 94.1 cm³/mol. The van der Waals surface area contributed by atoms with Gasteiger partial charge in [0, 0.05) is 30.5 Å². The van der Waals surface area contributed by atoms with Gasteiger partial charge in [0.1, 0.15) is 0 Å². The molecule has 24 heavy (non-hydrogen) atoms. The molecule has 2 fully saturated rings. The summed E-state index contributed by atoms with van der Waals surface area (Å²) in [6.07, 6.45) is 7.13. The van der Waals surface area contributed by atoms with Crippen LogP contribution in [0.5, 0.6) is 0 Å². The summed E-state index contributed by atoms with van der Waals surface area (Å²) < 4.78 is 1.81. The SMILES string of the molecule is CC1(C)CC2CC(C)(CN2C(=O)c2ccc(-n3cccn3)cc2)C1. The molecule has 1 aromatic heterocycles. The number of carbonyl (C=O) groups excluding carboxylic acids is 1. The van der Waals surface area contributed by atoms with Gasteiger partial charge in [0.25, 0.3) is 5.91 Å². The van der Waals surface area contributed by atoms with Crippen LogP contribution in [0.4, 0.5) is 0 Å². The zero-order chi connectivity index (χ0) is 16.9. The molecule has 2 aromatic rings. The Morgan fingerprint density at radius 3 is 2.58 bits per heavy atom. The molecule has 2 aliphatic rings. The Kier molecular flexibility index (Phi) is 3.34. The van der Waals surface area contributed by atoms with Gasteiger partial charge >= 0.3 is 0 Å². The number of hydrogen-bond acceptors (Lipinski definition) is 2. The average molecular weight is 323 g/mol. The Labute approximate surface area is 143 Å². The van der Waals surface area contributed by atoms with Gasteiger partial charge in [-0.25, -0.2) is 4.68 Å². The number of fused-ring (bicyclic) bond motifs is 2. The number of nitrogens with zero attached hydrogens (tertiary/aromatic N) is 3. The van der Waals surface area contributed by atoms with Crippen molar-refractivity contribution in [2.45, 2.75) is 46.1 Å². The van der Waals surface area contributed by atoms with Gasteiger partial charge in [-0.15, -0.1) is 0 Å². The van der Waals surface area contributed by atoms with Crippen molar-refractivity contribution in [1.82, 2.24) is 14.7 Å². The van der Waals surface area contributed by atoms with Crippen LogP contribution in [-0.4, -0.2) is 33.2 Å². The summed E-state index contributed by atoms with van der Waals surface area (Å²) in [6.45, 7) is 7.91. The van der Waals surface area contributed by atoms with Crippen molar-refractivity contribution in [3.63, 3.8) is 0 Å². The molecular weight excluding hydrogens is 298 g/mol. The zero-order valence-corrected chi connectivity index (χ0v) is 14.7. The Hall–Kier alpha value is -2.10. The van der Waals surface area contributed by atoms with E-state index in [1.54, 1.807) is 10.9 Å². The third kappa shape index (κ3) is 2.64. The second kappa shape index (κ2) is 5.20. The fourth-order valence-electron chi connectivity index (χ4n) is 5.04. The highest BCUT2D eigenvalue weighted by Crippen LogP contribution is 2.52. The molecule has 2 bridgehead atoms. The predicted octanol–water partition coefficient (Wildman–Crippen LogP) is 3.91. The van der Waals surface area contributed by atoms with Crippen LogP contribution in [0, 0.1) is 10.8 Å². The van der Waals surface area contributed by atoms with Crippen LogP contribution < -0.4 is 0 Å². The molecule has 0 N–H and O–H groups in total. The zero-order valence-electron chi connectivity index (χ0n) is 14.7. The largest absolute Gasteiger partial charge is 0.335 e. The Morgan fingerprint density at radius 1 is 1.17 bits per heavy atom. The van der Waals surface area contributed by atoms with E-state index >= 15 is 0 Å². The minimum absolute atomic E-state index is 0.174. The number of hydrogen-bond donors (Lipinski definition) is 0. The van der Waals surface area contributed by atoms with Crippen molar-refractivity contribution in [3.8, 4) is 5.69 Å². The highest BCUT2D eigenvalue weighted by Gasteiger charge is 2.50. The van der Waals surface area contributed by atoms with Crippen LogP contribution >= 0.6 is 0 Å². The summed E-state index contributed by atoms with van der Waals surface area (Å²) in [5.74, 6) is 0.174. The Morgan fingerprint density at radius 2 is 1.92 bits per heavy atom. The van der Waals surface area contributed by atoms with E-state index in [0.29, 0.717) is 11.5 Å². The number of likely N-dealkylation sites (tertiary alicyclic amines) is 1. The average Bonchev–Trinajstić information content (AvgIpc) is 3.12. The molecule has 2 unspecified atom stereocenters. The van der Waals surface area contributed by atoms with Gasteiger partial charge in [-0.1, -0.05) is 20.8 Å². The summed E-state index contributed by atoms with van der Waals surface area (Å²) in [6, 6.07) is 10.1. The molecule has 126 valence electrons. The molecule has 1 aliphatic heterocycles. The molecule has 1 saturated carbocycles. The first-order valence-electron chi connectivity index (χ1n) is 8.76. The van der Waals surface area contributed by atoms with Crippen LogP contribution in [-0.2, 0) is 0 Å². The van der Waals surface area contributed by atoms with Gasteiger partial charge in [0.15, 0.2) is 0 Å². The molecular formula is C20H25N3O. The standard InChI is InChI=1S/C20H25N3O/c1-19(2)11-17-12-20(3,13-19)14-22(17)18(24)15-5-7-16(8-6-15)23-10-4-9-21-23/h4-10,17H,11-14H2,1-3H3. The number of aromatic nitrogens is 2. The molecule has 1 amide bonds. The molecule has 1 aromatic carbocycles. The third-order valence-electron chi connectivity index (χ3n) is 5.56. The summed E-state index contributed by atoms with van der Waals surface area (Å²) >= 11 is 0. The van der Waals surface area contributed by atoms with Crippen molar-refractivity contribution in [2.75, 3.05) is 6.54 Å². The van der Waals surface area contributed by atoms with E-state index in [4.69, 9.17) is 0 Å². The van der Waals surface area contributed by atoms with E-state index in [1.807, 2.05) is 36.5 Å². The second-order valence-electron chi connectivity index (χ2n) is 8.64. The van der Waals surface area contributed by atoms with Crippen molar-refractivity contribution in [2.24, 2.45) is 10.8 Å². The molecule has 4 heteroatoms. The van der Waals surface area contributed by atoms with Gasteiger partial charge in [-0.2, -0.15) is 5.10 Å². The summed E-state index contributed by atoms with van der Waals surface area (Å²) in [4.78, 5) is 15.2. The van der Waals surface area contributed by atoms with E-state index in [9.17, 15) is 4.79 Å². The number of amides is 1. The van der Waals surface area contributed by atoms with Gasteiger partial charge in [-0.3, -0.25) is 4.79 Å². The quantitative estimate of drug-likeness (QED) is 0.840. The first-order valence-corrected chi connectivity index (χ1v) is 8.76. The lowest BCUT2D eigenvalue weighted by atomic mass is 9.65. The van der Waals surface area contributed by atoms with Crippen molar-refractivity contribution in [1.29, 1.82) is 0 Å². The lowest BCUT2D eigenvalue weighted by molar-refractivity contribution is 0.0708. The summed E-state index contributed by atoms with van der Waals surface area (Å²) in [5, 5.41) is 4.23. The normalized spacial score (nSPS) is 28.1. The van der Waals surface area contributed by atoms with Crippen LogP contribution in [0.25, 0.3) is 5.69 Å². The van der Waals surface area contributed by atoms with E-state index in [1.165, 1.54) is 6.42 Å². The number of benzene rings is 1. The fourth-order valence-corrected chi connectivity index (χ4v) is 5.04. The Bertz CT molecular complexity index is 748. The van der Waals surface area contributed by atoms with Gasteiger partial charge in [0.2, 0.25) is 0 Å². The highest BCUT2D eigenvalue weighted by atomic mass is 16.2. The third-order valence-corrected chi connectivity index (χ3v) is 5.56. The van der Waals surface area contributed by atoms with E-state index < -0.39 is 0 Å². The molecule has 0 radical (unpaired) electrons. The summed E-state index contributed by atoms with van der Waals surface area (Å²) in [7, 11) is 0. The number of rotatable bonds is 2. The number of carbonyl (C=O) groups is 1. The lowest BCUT2D eigenvalue weighted by Gasteiger charge is -2.39. The maximum Gasteiger partial charge on any atom is 0.254 e. The van der Waals surface area contributed by atoms with Crippen LogP contribution in [0.2, 0.25) is 0 Å². The van der Waals surface area contributed by atoms with Gasteiger partial charge < -0.3 is 4.90 Å². The molecule has 4 rings (SSSR count). The Balaban J connectivity index is 1.56. The lowest BCUT2D eigenvalue weighted by Crippen LogP contribution is -2.37. The monoisotopic (exact) mass is 323 g/mol.